The van der Waals surface area contributed by atoms with Crippen LogP contribution in [0.5, 0.6) is 0 Å². The van der Waals surface area contributed by atoms with Crippen LogP contribution < -0.4 is 5.11 Å². The summed E-state index contributed by atoms with van der Waals surface area (Å²) >= 11 is 5.64. The number of allylic oxidation sites excluding steroid dienone is 3. The smallest absolute Gasteiger partial charge is 0.306 e. The van der Waals surface area contributed by atoms with Crippen LogP contribution in [0.25, 0.3) is 0 Å². The van der Waals surface area contributed by atoms with Gasteiger partial charge in [0.2, 0.25) is 5.70 Å². The van der Waals surface area contributed by atoms with E-state index in [2.05, 4.69) is 0 Å². The van der Waals surface area contributed by atoms with Gasteiger partial charge in [-0.05, 0) is 31.9 Å². The Morgan fingerprint density at radius 1 is 1.50 bits per heavy atom. The first kappa shape index (κ1) is 14.9. The highest BCUT2D eigenvalue weighted by atomic mass is 35.5. The van der Waals surface area contributed by atoms with Crippen molar-refractivity contribution in [2.24, 2.45) is 5.92 Å². The fourth-order valence-corrected chi connectivity index (χ4v) is 3.00. The fraction of sp³-hybridized carbons (Fsp3) is 0.538. The quantitative estimate of drug-likeness (QED) is 0.557. The lowest BCUT2D eigenvalue weighted by molar-refractivity contribution is -0.830. The summed E-state index contributed by atoms with van der Waals surface area (Å²) < 4.78 is 0.166. The van der Waals surface area contributed by atoms with E-state index in [4.69, 9.17) is 11.6 Å². The van der Waals surface area contributed by atoms with E-state index in [1.54, 1.807) is 19.9 Å². The first-order valence-electron chi connectivity index (χ1n) is 5.95. The molecule has 0 saturated carbocycles. The van der Waals surface area contributed by atoms with Gasteiger partial charge in [0.25, 0.3) is 0 Å². The summed E-state index contributed by atoms with van der Waals surface area (Å²) in [4.78, 5) is 22.6. The van der Waals surface area contributed by atoms with Crippen molar-refractivity contribution in [3.63, 3.8) is 0 Å². The number of hydrogen-bond donors (Lipinski definition) is 0. The molecule has 1 aliphatic rings. The van der Waals surface area contributed by atoms with E-state index in [-0.39, 0.29) is 4.48 Å². The fourth-order valence-electron chi connectivity index (χ4n) is 2.66. The van der Waals surface area contributed by atoms with Crippen molar-refractivity contribution in [3.8, 4) is 0 Å². The lowest BCUT2D eigenvalue weighted by Crippen LogP contribution is -2.47. The van der Waals surface area contributed by atoms with Gasteiger partial charge >= 0.3 is 5.24 Å². The van der Waals surface area contributed by atoms with Crippen LogP contribution in [-0.2, 0) is 9.59 Å². The van der Waals surface area contributed by atoms with E-state index in [9.17, 15) is 14.7 Å². The van der Waals surface area contributed by atoms with Gasteiger partial charge in [-0.25, -0.2) is 0 Å². The maximum absolute atomic E-state index is 11.6. The summed E-state index contributed by atoms with van der Waals surface area (Å²) in [6.45, 7) is 5.96. The molecule has 1 rings (SSSR count). The third-order valence-electron chi connectivity index (χ3n) is 3.46. The molecule has 1 heterocycles. The highest BCUT2D eigenvalue weighted by Crippen LogP contribution is 2.38. The molecule has 4 nitrogen and oxygen atoms in total. The molecule has 0 aliphatic carbocycles. The van der Waals surface area contributed by atoms with Crippen molar-refractivity contribution in [3.05, 3.63) is 23.0 Å². The van der Waals surface area contributed by atoms with E-state index >= 15 is 0 Å². The van der Waals surface area contributed by atoms with Crippen LogP contribution in [0.1, 0.15) is 27.2 Å². The number of carboxylic acid groups (broad SMARTS) is 1. The first-order chi connectivity index (χ1) is 8.25. The van der Waals surface area contributed by atoms with E-state index in [1.807, 2.05) is 14.0 Å². The van der Waals surface area contributed by atoms with Crippen molar-refractivity contribution in [2.45, 2.75) is 27.2 Å². The first-order valence-corrected chi connectivity index (χ1v) is 6.33. The molecule has 0 aromatic heterocycles. The molecular weight excluding hydrogens is 254 g/mol. The second-order valence-electron chi connectivity index (χ2n) is 4.83. The summed E-state index contributed by atoms with van der Waals surface area (Å²) in [5.41, 5.74) is 1.84. The molecule has 1 aliphatic heterocycles. The second-order valence-corrected chi connectivity index (χ2v) is 5.17. The van der Waals surface area contributed by atoms with E-state index in [1.165, 1.54) is 0 Å². The summed E-state index contributed by atoms with van der Waals surface area (Å²) in [6.07, 6.45) is 2.56. The lowest BCUT2D eigenvalue weighted by atomic mass is 10.1. The minimum atomic E-state index is -1.14. The number of likely N-dealkylation sites (N-methyl/N-ethyl adjacent to an activating group) is 1. The van der Waals surface area contributed by atoms with Gasteiger partial charge in [0, 0.05) is 11.6 Å². The Balaban J connectivity index is 3.29. The summed E-state index contributed by atoms with van der Waals surface area (Å²) in [7, 11) is 1.82. The van der Waals surface area contributed by atoms with E-state index in [0.29, 0.717) is 17.9 Å². The van der Waals surface area contributed by atoms with Crippen LogP contribution in [0.2, 0.25) is 0 Å². The zero-order valence-corrected chi connectivity index (χ0v) is 11.9. The van der Waals surface area contributed by atoms with Crippen molar-refractivity contribution < 1.29 is 19.2 Å². The van der Waals surface area contributed by atoms with Crippen LogP contribution in [0.3, 0.4) is 0 Å². The highest BCUT2D eigenvalue weighted by molar-refractivity contribution is 6.67. The van der Waals surface area contributed by atoms with Gasteiger partial charge in [0.15, 0.2) is 0 Å². The largest absolute Gasteiger partial charge is 0.549 e. The monoisotopic (exact) mass is 271 g/mol. The van der Waals surface area contributed by atoms with E-state index in [0.717, 1.165) is 12.0 Å². The Hall–Kier alpha value is -1.13. The third kappa shape index (κ3) is 2.35. The lowest BCUT2D eigenvalue weighted by Gasteiger charge is -2.35. The Morgan fingerprint density at radius 3 is 2.44 bits per heavy atom. The number of nitrogens with zero attached hydrogens (tertiary/aromatic N) is 1. The van der Waals surface area contributed by atoms with Gasteiger partial charge in [-0.1, -0.05) is 6.92 Å². The third-order valence-corrected chi connectivity index (χ3v) is 3.63. The summed E-state index contributed by atoms with van der Waals surface area (Å²) in [5, 5.41) is 10.5. The Bertz CT molecular complexity index is 453. The molecular formula is C13H18ClNO3. The highest BCUT2D eigenvalue weighted by Gasteiger charge is 2.43. The van der Waals surface area contributed by atoms with Crippen LogP contribution in [-0.4, -0.2) is 29.3 Å². The predicted octanol–water partition coefficient (Wildman–Crippen LogP) is 1.17. The molecule has 5 heteroatoms. The van der Waals surface area contributed by atoms with Gasteiger partial charge in [0.05, 0.1) is 25.5 Å². The molecule has 0 N–H and O–H groups in total. The van der Waals surface area contributed by atoms with E-state index < -0.39 is 17.1 Å². The number of carboxylic acids is 1. The van der Waals surface area contributed by atoms with Crippen molar-refractivity contribution in [1.29, 1.82) is 0 Å². The standard InChI is InChI=1S/C13H18ClNO3/c1-5-6-15(4)10(9(3)13(17)18)7-8(2)11(15)12(14)16/h7,9H,5-6H2,1-4H3. The molecule has 0 fully saturated rings. The molecule has 100 valence electrons. The Morgan fingerprint density at radius 2 is 2.06 bits per heavy atom. The predicted molar refractivity (Wildman–Crippen MR) is 67.2 cm³/mol. The minimum absolute atomic E-state index is 0.166. The van der Waals surface area contributed by atoms with Crippen LogP contribution in [0.15, 0.2) is 23.0 Å². The number of rotatable bonds is 5. The average Bonchev–Trinajstić information content (AvgIpc) is 2.49. The Kier molecular flexibility index (Phi) is 4.35. The molecule has 0 saturated heterocycles. The number of quaternary nitrogens is 1. The number of carbonyl (C=O) groups excluding carboxylic acids is 2. The zero-order valence-electron chi connectivity index (χ0n) is 11.1. The normalized spacial score (nSPS) is 25.1. The topological polar surface area (TPSA) is 57.2 Å². The molecule has 18 heavy (non-hydrogen) atoms. The maximum Gasteiger partial charge on any atom is 0.306 e. The van der Waals surface area contributed by atoms with Gasteiger partial charge in [0.1, 0.15) is 5.70 Å². The zero-order chi connectivity index (χ0) is 14.1. The van der Waals surface area contributed by atoms with Gasteiger partial charge in [-0.15, -0.1) is 0 Å². The summed E-state index contributed by atoms with van der Waals surface area (Å²) in [6, 6.07) is 0. The molecule has 0 aromatic carbocycles. The van der Waals surface area contributed by atoms with Crippen LogP contribution in [0.4, 0.5) is 0 Å². The number of halogens is 1. The van der Waals surface area contributed by atoms with Crippen LogP contribution >= 0.6 is 11.6 Å². The van der Waals surface area contributed by atoms with Crippen LogP contribution in [0, 0.1) is 5.92 Å². The maximum atomic E-state index is 11.6. The van der Waals surface area contributed by atoms with Crippen molar-refractivity contribution in [1.82, 2.24) is 0 Å². The summed E-state index contributed by atoms with van der Waals surface area (Å²) in [5.74, 6) is -1.89. The average molecular weight is 272 g/mol. The number of aliphatic carboxylic acids is 1. The van der Waals surface area contributed by atoms with Gasteiger partial charge in [-0.2, -0.15) is 0 Å². The molecule has 2 unspecified atom stereocenters. The number of carbonyl (C=O) groups is 2. The molecule has 0 amide bonds. The second kappa shape index (κ2) is 5.24. The molecule has 2 atom stereocenters. The number of hydrogen-bond acceptors (Lipinski definition) is 3. The molecule has 0 spiro atoms. The van der Waals surface area contributed by atoms with Gasteiger partial charge < -0.3 is 9.90 Å². The minimum Gasteiger partial charge on any atom is -0.549 e. The Labute approximate surface area is 112 Å². The SMILES string of the molecule is CCC[N+]1(C)C(C(C)C(=O)[O-])=CC(C)=C1C(=O)Cl. The molecule has 0 aromatic rings. The van der Waals surface area contributed by atoms with Crippen molar-refractivity contribution in [2.75, 3.05) is 13.6 Å². The van der Waals surface area contributed by atoms with Gasteiger partial charge in [-0.3, -0.25) is 9.28 Å². The molecule has 0 radical (unpaired) electrons. The van der Waals surface area contributed by atoms with Crippen molar-refractivity contribution >= 4 is 22.8 Å². The molecule has 0 bridgehead atoms.